The van der Waals surface area contributed by atoms with Gasteiger partial charge in [0.1, 0.15) is 0 Å². The highest BCUT2D eigenvalue weighted by Crippen LogP contribution is 2.37. The molecular weight excluding hydrogens is 220 g/mol. The van der Waals surface area contributed by atoms with Crippen LogP contribution in [0.1, 0.15) is 33.3 Å². The Hall–Kier alpha value is -0.935. The summed E-state index contributed by atoms with van der Waals surface area (Å²) in [6.45, 7) is 8.04. The molecule has 3 nitrogen and oxygen atoms in total. The molecule has 1 aliphatic rings. The molecule has 0 bridgehead atoms. The van der Waals surface area contributed by atoms with Crippen LogP contribution in [0, 0.1) is 5.95 Å². The lowest BCUT2D eigenvalue weighted by atomic mass is 9.81. The molecule has 0 unspecified atom stereocenters. The molecule has 1 saturated heterocycles. The lowest BCUT2D eigenvalue weighted by Gasteiger charge is -2.32. The van der Waals surface area contributed by atoms with Crippen LogP contribution in [-0.2, 0) is 15.6 Å². The van der Waals surface area contributed by atoms with Crippen LogP contribution in [0.4, 0.5) is 4.39 Å². The van der Waals surface area contributed by atoms with E-state index in [9.17, 15) is 4.39 Å². The van der Waals surface area contributed by atoms with Gasteiger partial charge in [-0.25, -0.2) is 4.98 Å². The average molecular weight is 237 g/mol. The second-order valence-corrected chi connectivity index (χ2v) is 5.38. The molecule has 2 rings (SSSR count). The van der Waals surface area contributed by atoms with E-state index >= 15 is 0 Å². The van der Waals surface area contributed by atoms with Crippen molar-refractivity contribution in [2.24, 2.45) is 0 Å². The van der Waals surface area contributed by atoms with Crippen molar-refractivity contribution in [1.82, 2.24) is 4.98 Å². The topological polar surface area (TPSA) is 31.4 Å². The van der Waals surface area contributed by atoms with Gasteiger partial charge in [0.15, 0.2) is 0 Å². The van der Waals surface area contributed by atoms with E-state index < -0.39 is 5.95 Å². The monoisotopic (exact) mass is 237 g/mol. The third-order valence-electron chi connectivity index (χ3n) is 3.49. The van der Waals surface area contributed by atoms with Crippen LogP contribution in [0.5, 0.6) is 0 Å². The Balaban J connectivity index is 2.05. The Bertz CT molecular complexity index is 389. The van der Waals surface area contributed by atoms with E-state index in [1.165, 1.54) is 12.3 Å². The number of hydrogen-bond acceptors (Lipinski definition) is 3. The Labute approximate surface area is 101 Å². The molecule has 0 radical (unpaired) electrons. The van der Waals surface area contributed by atoms with Crippen molar-refractivity contribution >= 4 is 7.12 Å². The Kier molecular flexibility index (Phi) is 3.00. The third-order valence-corrected chi connectivity index (χ3v) is 3.49. The van der Waals surface area contributed by atoms with E-state index in [2.05, 4.69) is 4.98 Å². The Morgan fingerprint density at radius 3 is 2.24 bits per heavy atom. The number of rotatable bonds is 2. The van der Waals surface area contributed by atoms with Gasteiger partial charge in [-0.1, -0.05) is 6.07 Å². The Morgan fingerprint density at radius 1 is 1.18 bits per heavy atom. The molecule has 0 amide bonds. The van der Waals surface area contributed by atoms with Gasteiger partial charge in [-0.2, -0.15) is 4.39 Å². The average Bonchev–Trinajstić information content (AvgIpc) is 2.39. The highest BCUT2D eigenvalue weighted by molar-refractivity contribution is 6.45. The largest absolute Gasteiger partial charge is 0.462 e. The van der Waals surface area contributed by atoms with Crippen LogP contribution >= 0.6 is 0 Å². The Morgan fingerprint density at radius 2 is 1.76 bits per heavy atom. The zero-order valence-electron chi connectivity index (χ0n) is 10.7. The fourth-order valence-electron chi connectivity index (χ4n) is 1.77. The second kappa shape index (κ2) is 4.07. The molecule has 0 saturated carbocycles. The normalized spacial score (nSPS) is 21.8. The summed E-state index contributed by atoms with van der Waals surface area (Å²) in [4.78, 5) is 3.62. The quantitative estimate of drug-likeness (QED) is 0.584. The zero-order valence-corrected chi connectivity index (χ0v) is 10.7. The van der Waals surface area contributed by atoms with Crippen molar-refractivity contribution in [1.29, 1.82) is 0 Å². The minimum atomic E-state index is -0.470. The van der Waals surface area contributed by atoms with Crippen LogP contribution in [0.25, 0.3) is 0 Å². The summed E-state index contributed by atoms with van der Waals surface area (Å²) in [7, 11) is -0.299. The number of pyridine rings is 1. The standard InChI is InChI=1S/C12H17BFNO2/c1-11(2)12(3,4)17-13(16-11)7-9-5-6-10(14)15-8-9/h5-6,8H,7H2,1-4H3. The van der Waals surface area contributed by atoms with Crippen LogP contribution in [0.15, 0.2) is 18.3 Å². The van der Waals surface area contributed by atoms with E-state index in [1.54, 1.807) is 6.07 Å². The van der Waals surface area contributed by atoms with E-state index in [1.807, 2.05) is 27.7 Å². The van der Waals surface area contributed by atoms with Crippen molar-refractivity contribution in [3.8, 4) is 0 Å². The first-order chi connectivity index (χ1) is 7.80. The van der Waals surface area contributed by atoms with Crippen molar-refractivity contribution in [3.63, 3.8) is 0 Å². The SMILES string of the molecule is CC1(C)OB(Cc2ccc(F)nc2)OC1(C)C. The van der Waals surface area contributed by atoms with Gasteiger partial charge in [0.05, 0.1) is 11.2 Å². The molecule has 92 valence electrons. The number of halogens is 1. The summed E-state index contributed by atoms with van der Waals surface area (Å²) in [6.07, 6.45) is 2.10. The maximum absolute atomic E-state index is 12.7. The molecule has 1 aromatic rings. The smallest absolute Gasteiger partial charge is 0.403 e. The molecule has 5 heteroatoms. The van der Waals surface area contributed by atoms with Crippen LogP contribution in [0.3, 0.4) is 0 Å². The summed E-state index contributed by atoms with van der Waals surface area (Å²) in [5, 5.41) is 0. The minimum absolute atomic E-state index is 0.299. The number of nitrogens with zero attached hydrogens (tertiary/aromatic N) is 1. The highest BCUT2D eigenvalue weighted by atomic mass is 19.1. The van der Waals surface area contributed by atoms with Gasteiger partial charge in [0.25, 0.3) is 0 Å². The third kappa shape index (κ3) is 2.50. The molecular formula is C12H17BFNO2. The van der Waals surface area contributed by atoms with Gasteiger partial charge in [0, 0.05) is 12.5 Å². The predicted octanol–water partition coefficient (Wildman–Crippen LogP) is 2.39. The van der Waals surface area contributed by atoms with Crippen molar-refractivity contribution < 1.29 is 13.7 Å². The predicted molar refractivity (Wildman–Crippen MR) is 64.0 cm³/mol. The molecule has 17 heavy (non-hydrogen) atoms. The van der Waals surface area contributed by atoms with Gasteiger partial charge in [0.2, 0.25) is 5.95 Å². The molecule has 0 aromatic carbocycles. The molecule has 2 heterocycles. The number of aromatic nitrogens is 1. The van der Waals surface area contributed by atoms with Gasteiger partial charge >= 0.3 is 7.12 Å². The molecule has 0 aliphatic carbocycles. The zero-order chi connectivity index (χ0) is 12.7. The van der Waals surface area contributed by atoms with E-state index in [-0.39, 0.29) is 18.3 Å². The minimum Gasteiger partial charge on any atom is -0.403 e. The molecule has 0 N–H and O–H groups in total. The van der Waals surface area contributed by atoms with E-state index in [0.717, 1.165) is 5.56 Å². The van der Waals surface area contributed by atoms with Gasteiger partial charge in [-0.15, -0.1) is 0 Å². The van der Waals surface area contributed by atoms with Crippen LogP contribution < -0.4 is 0 Å². The lowest BCUT2D eigenvalue weighted by Crippen LogP contribution is -2.41. The van der Waals surface area contributed by atoms with Crippen molar-refractivity contribution in [2.75, 3.05) is 0 Å². The summed E-state index contributed by atoms with van der Waals surface area (Å²) in [6, 6.07) is 3.05. The summed E-state index contributed by atoms with van der Waals surface area (Å²) in [5.41, 5.74) is 0.251. The summed E-state index contributed by atoms with van der Waals surface area (Å²) < 4.78 is 24.4. The second-order valence-electron chi connectivity index (χ2n) is 5.38. The summed E-state index contributed by atoms with van der Waals surface area (Å²) >= 11 is 0. The van der Waals surface area contributed by atoms with E-state index in [4.69, 9.17) is 9.31 Å². The maximum Gasteiger partial charge on any atom is 0.462 e. The fourth-order valence-corrected chi connectivity index (χ4v) is 1.77. The molecule has 1 aromatic heterocycles. The number of hydrogen-bond donors (Lipinski definition) is 0. The van der Waals surface area contributed by atoms with Crippen molar-refractivity contribution in [3.05, 3.63) is 29.8 Å². The first-order valence-corrected chi connectivity index (χ1v) is 5.76. The van der Waals surface area contributed by atoms with Crippen LogP contribution in [0.2, 0.25) is 0 Å². The maximum atomic E-state index is 12.7. The van der Waals surface area contributed by atoms with Gasteiger partial charge in [-0.05, 0) is 39.3 Å². The van der Waals surface area contributed by atoms with Gasteiger partial charge in [-0.3, -0.25) is 0 Å². The first kappa shape index (κ1) is 12.5. The lowest BCUT2D eigenvalue weighted by molar-refractivity contribution is 0.00578. The molecule has 0 spiro atoms. The van der Waals surface area contributed by atoms with Crippen molar-refractivity contribution in [2.45, 2.75) is 45.2 Å². The first-order valence-electron chi connectivity index (χ1n) is 5.76. The van der Waals surface area contributed by atoms with Crippen LogP contribution in [-0.4, -0.2) is 23.3 Å². The highest BCUT2D eigenvalue weighted by Gasteiger charge is 2.50. The van der Waals surface area contributed by atoms with Gasteiger partial charge < -0.3 is 9.31 Å². The molecule has 1 aliphatic heterocycles. The molecule has 1 fully saturated rings. The van der Waals surface area contributed by atoms with E-state index in [0.29, 0.717) is 6.32 Å². The summed E-state index contributed by atoms with van der Waals surface area (Å²) in [5.74, 6) is -0.470. The fraction of sp³-hybridized carbons (Fsp3) is 0.583. The molecule has 0 atom stereocenters.